The van der Waals surface area contributed by atoms with Crippen molar-refractivity contribution in [1.29, 1.82) is 0 Å². The van der Waals surface area contributed by atoms with Crippen molar-refractivity contribution in [3.05, 3.63) is 65.2 Å². The van der Waals surface area contributed by atoms with Crippen molar-refractivity contribution in [2.45, 2.75) is 26.8 Å². The highest BCUT2D eigenvalue weighted by Gasteiger charge is 2.18. The maximum Gasteiger partial charge on any atom is 0.225 e. The average Bonchev–Trinajstić information content (AvgIpc) is 2.55. The van der Waals surface area contributed by atoms with Crippen molar-refractivity contribution in [1.82, 2.24) is 4.31 Å². The van der Waals surface area contributed by atoms with Gasteiger partial charge in [-0.1, -0.05) is 42.5 Å². The van der Waals surface area contributed by atoms with Crippen molar-refractivity contribution in [2.75, 3.05) is 18.1 Å². The number of carbonyl (C=O) groups is 1. The van der Waals surface area contributed by atoms with Crippen LogP contribution >= 0.6 is 0 Å². The minimum atomic E-state index is -3.39. The molecule has 0 aliphatic heterocycles. The van der Waals surface area contributed by atoms with E-state index in [9.17, 15) is 13.2 Å². The molecule has 25 heavy (non-hydrogen) atoms. The van der Waals surface area contributed by atoms with E-state index in [0.717, 1.165) is 22.4 Å². The second-order valence-corrected chi connectivity index (χ2v) is 8.11. The third-order valence-corrected chi connectivity index (χ3v) is 5.39. The lowest BCUT2D eigenvalue weighted by atomic mass is 10.1. The summed E-state index contributed by atoms with van der Waals surface area (Å²) in [6, 6.07) is 15.1. The summed E-state index contributed by atoms with van der Waals surface area (Å²) in [5.41, 5.74) is 3.77. The number of carbonyl (C=O) groups excluding carboxylic acids is 1. The number of hydrogen-bond donors (Lipinski definition) is 1. The Labute approximate surface area is 149 Å². The third kappa shape index (κ3) is 5.69. The van der Waals surface area contributed by atoms with Gasteiger partial charge in [-0.15, -0.1) is 0 Å². The summed E-state index contributed by atoms with van der Waals surface area (Å²) in [5, 5.41) is 2.86. The number of aryl methyl sites for hydroxylation is 1. The molecule has 0 aromatic heterocycles. The molecule has 0 radical (unpaired) electrons. The highest BCUT2D eigenvalue weighted by Crippen LogP contribution is 2.18. The van der Waals surface area contributed by atoms with Gasteiger partial charge in [0.25, 0.3) is 0 Å². The summed E-state index contributed by atoms with van der Waals surface area (Å²) >= 11 is 0. The molecule has 5 nitrogen and oxygen atoms in total. The van der Waals surface area contributed by atoms with Gasteiger partial charge in [0.15, 0.2) is 0 Å². The lowest BCUT2D eigenvalue weighted by Gasteiger charge is -2.20. The Morgan fingerprint density at radius 2 is 1.72 bits per heavy atom. The van der Waals surface area contributed by atoms with Crippen LogP contribution in [0.1, 0.15) is 23.1 Å². The minimum absolute atomic E-state index is 0.104. The summed E-state index contributed by atoms with van der Waals surface area (Å²) in [6.45, 7) is 4.33. The van der Waals surface area contributed by atoms with E-state index in [-0.39, 0.29) is 25.4 Å². The lowest BCUT2D eigenvalue weighted by Crippen LogP contribution is -2.32. The number of rotatable bonds is 7. The number of hydrogen-bond acceptors (Lipinski definition) is 3. The van der Waals surface area contributed by atoms with E-state index in [1.165, 1.54) is 10.6 Å². The Morgan fingerprint density at radius 3 is 2.36 bits per heavy atom. The SMILES string of the molecule is Cc1cccc(NC(=O)CCN(Cc2ccccc2)S(C)(=O)=O)c1C. The fourth-order valence-electron chi connectivity index (χ4n) is 2.47. The topological polar surface area (TPSA) is 66.5 Å². The molecule has 0 unspecified atom stereocenters. The Morgan fingerprint density at radius 1 is 1.04 bits per heavy atom. The Bertz CT molecular complexity index is 833. The van der Waals surface area contributed by atoms with Crippen LogP contribution in [-0.4, -0.2) is 31.4 Å². The van der Waals surface area contributed by atoms with E-state index < -0.39 is 10.0 Å². The van der Waals surface area contributed by atoms with Crippen molar-refractivity contribution < 1.29 is 13.2 Å². The van der Waals surface area contributed by atoms with E-state index in [2.05, 4.69) is 5.32 Å². The summed E-state index contributed by atoms with van der Waals surface area (Å²) < 4.78 is 25.3. The molecular weight excluding hydrogens is 336 g/mol. The summed E-state index contributed by atoms with van der Waals surface area (Å²) in [5.74, 6) is -0.199. The summed E-state index contributed by atoms with van der Waals surface area (Å²) in [7, 11) is -3.39. The van der Waals surface area contributed by atoms with Crippen LogP contribution in [0.25, 0.3) is 0 Å². The van der Waals surface area contributed by atoms with Crippen LogP contribution in [0.5, 0.6) is 0 Å². The first-order chi connectivity index (χ1) is 11.8. The largest absolute Gasteiger partial charge is 0.326 e. The highest BCUT2D eigenvalue weighted by atomic mass is 32.2. The van der Waals surface area contributed by atoms with Gasteiger partial charge in [0.05, 0.1) is 6.26 Å². The number of anilines is 1. The number of nitrogens with one attached hydrogen (secondary N) is 1. The molecule has 0 aliphatic rings. The quantitative estimate of drug-likeness (QED) is 0.825. The van der Waals surface area contributed by atoms with E-state index in [1.54, 1.807) is 0 Å². The molecule has 1 N–H and O–H groups in total. The fourth-order valence-corrected chi connectivity index (χ4v) is 3.28. The zero-order valence-electron chi connectivity index (χ0n) is 14.8. The molecular formula is C19H24N2O3S. The van der Waals surface area contributed by atoms with Gasteiger partial charge in [0.2, 0.25) is 15.9 Å². The van der Waals surface area contributed by atoms with Crippen molar-refractivity contribution in [2.24, 2.45) is 0 Å². The van der Waals surface area contributed by atoms with E-state index >= 15 is 0 Å². The van der Waals surface area contributed by atoms with Crippen LogP contribution < -0.4 is 5.32 Å². The molecule has 0 bridgehead atoms. The number of nitrogens with zero attached hydrogens (tertiary/aromatic N) is 1. The van der Waals surface area contributed by atoms with Crippen molar-refractivity contribution >= 4 is 21.6 Å². The van der Waals surface area contributed by atoms with Gasteiger partial charge in [-0.2, -0.15) is 4.31 Å². The fraction of sp³-hybridized carbons (Fsp3) is 0.316. The third-order valence-electron chi connectivity index (χ3n) is 4.14. The van der Waals surface area contributed by atoms with Crippen LogP contribution in [0.4, 0.5) is 5.69 Å². The van der Waals surface area contributed by atoms with Gasteiger partial charge in [0, 0.05) is 25.2 Å². The first-order valence-electron chi connectivity index (χ1n) is 8.12. The standard InChI is InChI=1S/C19H24N2O3S/c1-15-8-7-11-18(16(15)2)20-19(22)12-13-21(25(3,23)24)14-17-9-5-4-6-10-17/h4-11H,12-14H2,1-3H3,(H,20,22). The normalized spacial score (nSPS) is 11.5. The molecule has 0 saturated carbocycles. The Hall–Kier alpha value is -2.18. The summed E-state index contributed by atoms with van der Waals surface area (Å²) in [6.07, 6.45) is 1.27. The molecule has 0 aliphatic carbocycles. The minimum Gasteiger partial charge on any atom is -0.326 e. The lowest BCUT2D eigenvalue weighted by molar-refractivity contribution is -0.116. The van der Waals surface area contributed by atoms with Crippen molar-refractivity contribution in [3.63, 3.8) is 0 Å². The molecule has 0 spiro atoms. The van der Waals surface area contributed by atoms with Gasteiger partial charge in [-0.25, -0.2) is 8.42 Å². The van der Waals surface area contributed by atoms with E-state index in [1.807, 2.05) is 62.4 Å². The number of benzene rings is 2. The molecule has 1 amide bonds. The molecule has 134 valence electrons. The molecule has 6 heteroatoms. The highest BCUT2D eigenvalue weighted by molar-refractivity contribution is 7.88. The van der Waals surface area contributed by atoms with Gasteiger partial charge < -0.3 is 5.32 Å². The van der Waals surface area contributed by atoms with Gasteiger partial charge in [0.1, 0.15) is 0 Å². The monoisotopic (exact) mass is 360 g/mol. The second kappa shape index (κ2) is 8.27. The molecule has 2 aromatic rings. The average molecular weight is 360 g/mol. The van der Waals surface area contributed by atoms with Crippen LogP contribution in [-0.2, 0) is 21.4 Å². The van der Waals surface area contributed by atoms with Gasteiger partial charge >= 0.3 is 0 Å². The van der Waals surface area contributed by atoms with Crippen LogP contribution in [0.15, 0.2) is 48.5 Å². The maximum atomic E-state index is 12.2. The van der Waals surface area contributed by atoms with Crippen LogP contribution in [0.3, 0.4) is 0 Å². The maximum absolute atomic E-state index is 12.2. The zero-order valence-corrected chi connectivity index (χ0v) is 15.6. The van der Waals surface area contributed by atoms with Crippen LogP contribution in [0, 0.1) is 13.8 Å². The molecule has 0 saturated heterocycles. The molecule has 0 atom stereocenters. The first-order valence-corrected chi connectivity index (χ1v) is 9.97. The molecule has 2 aromatic carbocycles. The second-order valence-electron chi connectivity index (χ2n) is 6.13. The van der Waals surface area contributed by atoms with E-state index in [4.69, 9.17) is 0 Å². The Balaban J connectivity index is 2.00. The number of sulfonamides is 1. The van der Waals surface area contributed by atoms with Crippen molar-refractivity contribution in [3.8, 4) is 0 Å². The zero-order chi connectivity index (χ0) is 18.4. The van der Waals surface area contributed by atoms with Crippen LogP contribution in [0.2, 0.25) is 0 Å². The predicted octanol–water partition coefficient (Wildman–Crippen LogP) is 3.09. The Kier molecular flexibility index (Phi) is 6.33. The molecule has 2 rings (SSSR count). The van der Waals surface area contributed by atoms with E-state index in [0.29, 0.717) is 0 Å². The first kappa shape index (κ1) is 19.1. The number of amides is 1. The molecule has 0 fully saturated rings. The van der Waals surface area contributed by atoms with Gasteiger partial charge in [-0.05, 0) is 36.6 Å². The molecule has 0 heterocycles. The smallest absolute Gasteiger partial charge is 0.225 e. The summed E-state index contributed by atoms with van der Waals surface area (Å²) in [4.78, 5) is 12.2. The predicted molar refractivity (Wildman–Crippen MR) is 101 cm³/mol. The van der Waals surface area contributed by atoms with Gasteiger partial charge in [-0.3, -0.25) is 4.79 Å².